The molecule has 0 aliphatic heterocycles. The van der Waals surface area contributed by atoms with Crippen molar-refractivity contribution in [2.45, 2.75) is 0 Å². The van der Waals surface area contributed by atoms with E-state index < -0.39 is 0 Å². The van der Waals surface area contributed by atoms with E-state index in [9.17, 15) is 0 Å². The molecule has 1 aromatic carbocycles. The van der Waals surface area contributed by atoms with Crippen LogP contribution in [-0.4, -0.2) is 9.97 Å². The highest BCUT2D eigenvalue weighted by Gasteiger charge is 2.02. The van der Waals surface area contributed by atoms with Gasteiger partial charge in [0.2, 0.25) is 0 Å². The van der Waals surface area contributed by atoms with Crippen molar-refractivity contribution < 1.29 is 0 Å². The highest BCUT2D eigenvalue weighted by molar-refractivity contribution is 5.94. The summed E-state index contributed by atoms with van der Waals surface area (Å²) in [6, 6.07) is 13.5. The van der Waals surface area contributed by atoms with Gasteiger partial charge in [-0.25, -0.2) is 4.98 Å². The zero-order valence-corrected chi connectivity index (χ0v) is 10.0. The van der Waals surface area contributed by atoms with Gasteiger partial charge >= 0.3 is 0 Å². The van der Waals surface area contributed by atoms with Crippen molar-refractivity contribution >= 4 is 22.3 Å². The number of nitrogens with zero attached hydrogens (tertiary/aromatic N) is 3. The molecule has 0 aliphatic carbocycles. The average molecular weight is 246 g/mol. The van der Waals surface area contributed by atoms with Crippen LogP contribution in [0.4, 0.5) is 11.5 Å². The molecule has 0 bridgehead atoms. The van der Waals surface area contributed by atoms with E-state index in [0.29, 0.717) is 11.4 Å². The van der Waals surface area contributed by atoms with Gasteiger partial charge in [0.05, 0.1) is 5.56 Å². The molecule has 2 heterocycles. The van der Waals surface area contributed by atoms with Gasteiger partial charge in [-0.3, -0.25) is 4.98 Å². The van der Waals surface area contributed by atoms with Gasteiger partial charge in [0.25, 0.3) is 0 Å². The molecule has 0 amide bonds. The van der Waals surface area contributed by atoms with E-state index in [4.69, 9.17) is 5.26 Å². The summed E-state index contributed by atoms with van der Waals surface area (Å²) in [6.07, 6.45) is 5.14. The Labute approximate surface area is 110 Å². The first kappa shape index (κ1) is 11.2. The predicted octanol–water partition coefficient (Wildman–Crippen LogP) is 3.25. The maximum Gasteiger partial charge on any atom is 0.130 e. The number of anilines is 2. The van der Waals surface area contributed by atoms with Crippen LogP contribution in [0.3, 0.4) is 0 Å². The monoisotopic (exact) mass is 246 g/mol. The molecular weight excluding hydrogens is 236 g/mol. The van der Waals surface area contributed by atoms with Gasteiger partial charge in [0, 0.05) is 29.7 Å². The number of nitriles is 1. The summed E-state index contributed by atoms with van der Waals surface area (Å²) in [4.78, 5) is 8.34. The Balaban J connectivity index is 1.99. The van der Waals surface area contributed by atoms with Crippen LogP contribution in [0.1, 0.15) is 5.56 Å². The minimum Gasteiger partial charge on any atom is -0.340 e. The molecule has 0 spiro atoms. The van der Waals surface area contributed by atoms with Crippen molar-refractivity contribution in [3.63, 3.8) is 0 Å². The number of pyridine rings is 2. The lowest BCUT2D eigenvalue weighted by Crippen LogP contribution is -1.94. The zero-order valence-electron chi connectivity index (χ0n) is 10.0. The number of hydrogen-bond donors (Lipinski definition) is 1. The zero-order chi connectivity index (χ0) is 13.1. The predicted molar refractivity (Wildman–Crippen MR) is 74.0 cm³/mol. The van der Waals surface area contributed by atoms with Crippen LogP contribution in [0.25, 0.3) is 10.8 Å². The van der Waals surface area contributed by atoms with Crippen molar-refractivity contribution in [1.82, 2.24) is 9.97 Å². The van der Waals surface area contributed by atoms with Gasteiger partial charge in [-0.15, -0.1) is 0 Å². The van der Waals surface area contributed by atoms with Crippen LogP contribution >= 0.6 is 0 Å². The Hall–Kier alpha value is -2.93. The maximum absolute atomic E-state index is 8.74. The van der Waals surface area contributed by atoms with E-state index in [1.165, 1.54) is 0 Å². The first-order valence-corrected chi connectivity index (χ1v) is 5.83. The van der Waals surface area contributed by atoms with E-state index >= 15 is 0 Å². The van der Waals surface area contributed by atoms with Crippen molar-refractivity contribution in [1.29, 1.82) is 5.26 Å². The van der Waals surface area contributed by atoms with Crippen molar-refractivity contribution in [2.24, 2.45) is 0 Å². The summed E-state index contributed by atoms with van der Waals surface area (Å²) < 4.78 is 0. The third-order valence-electron chi connectivity index (χ3n) is 2.84. The lowest BCUT2D eigenvalue weighted by atomic mass is 10.1. The van der Waals surface area contributed by atoms with Gasteiger partial charge in [-0.1, -0.05) is 12.1 Å². The minimum absolute atomic E-state index is 0.546. The molecule has 2 aromatic heterocycles. The molecule has 3 rings (SSSR count). The fraction of sp³-hybridized carbons (Fsp3) is 0. The molecule has 0 radical (unpaired) electrons. The van der Waals surface area contributed by atoms with Gasteiger partial charge in [0.15, 0.2) is 0 Å². The molecule has 0 aliphatic rings. The van der Waals surface area contributed by atoms with Crippen LogP contribution in [0.2, 0.25) is 0 Å². The van der Waals surface area contributed by atoms with Gasteiger partial charge < -0.3 is 5.32 Å². The standard InChI is InChI=1S/C15H10N4/c16-8-11-4-5-15(18-9-11)19-14-3-1-2-12-6-7-17-10-13(12)14/h1-7,9-10H,(H,18,19). The van der Waals surface area contributed by atoms with E-state index in [1.54, 1.807) is 24.5 Å². The number of hydrogen-bond acceptors (Lipinski definition) is 4. The highest BCUT2D eigenvalue weighted by atomic mass is 15.0. The summed E-state index contributed by atoms with van der Waals surface area (Å²) in [6.45, 7) is 0. The largest absolute Gasteiger partial charge is 0.340 e. The molecule has 0 saturated heterocycles. The number of fused-ring (bicyclic) bond motifs is 1. The van der Waals surface area contributed by atoms with Crippen LogP contribution < -0.4 is 5.32 Å². The number of aromatic nitrogens is 2. The second kappa shape index (κ2) is 4.75. The Morgan fingerprint density at radius 2 is 2.00 bits per heavy atom. The number of benzene rings is 1. The molecule has 0 fully saturated rings. The normalized spacial score (nSPS) is 10.1. The van der Waals surface area contributed by atoms with E-state index in [1.807, 2.05) is 36.5 Å². The van der Waals surface area contributed by atoms with Gasteiger partial charge in [0.1, 0.15) is 11.9 Å². The summed E-state index contributed by atoms with van der Waals surface area (Å²) >= 11 is 0. The summed E-state index contributed by atoms with van der Waals surface area (Å²) in [5.74, 6) is 0.704. The van der Waals surface area contributed by atoms with Crippen LogP contribution in [-0.2, 0) is 0 Å². The Morgan fingerprint density at radius 1 is 1.05 bits per heavy atom. The minimum atomic E-state index is 0.546. The molecule has 0 unspecified atom stereocenters. The lowest BCUT2D eigenvalue weighted by Gasteiger charge is -2.08. The fourth-order valence-electron chi connectivity index (χ4n) is 1.89. The molecule has 4 heteroatoms. The first-order valence-electron chi connectivity index (χ1n) is 5.83. The first-order chi connectivity index (χ1) is 9.36. The maximum atomic E-state index is 8.74. The lowest BCUT2D eigenvalue weighted by molar-refractivity contribution is 1.29. The van der Waals surface area contributed by atoms with Crippen molar-refractivity contribution in [3.05, 3.63) is 60.6 Å². The van der Waals surface area contributed by atoms with E-state index in [-0.39, 0.29) is 0 Å². The van der Waals surface area contributed by atoms with E-state index in [0.717, 1.165) is 16.5 Å². The molecule has 0 atom stereocenters. The molecule has 19 heavy (non-hydrogen) atoms. The molecule has 4 nitrogen and oxygen atoms in total. The van der Waals surface area contributed by atoms with Crippen LogP contribution in [0, 0.1) is 11.3 Å². The SMILES string of the molecule is N#Cc1ccc(Nc2cccc3ccncc23)nc1. The molecule has 0 saturated carbocycles. The summed E-state index contributed by atoms with van der Waals surface area (Å²) in [7, 11) is 0. The third-order valence-corrected chi connectivity index (χ3v) is 2.84. The third kappa shape index (κ3) is 2.22. The Bertz CT molecular complexity index is 752. The van der Waals surface area contributed by atoms with Gasteiger partial charge in [-0.05, 0) is 29.7 Å². The molecule has 1 N–H and O–H groups in total. The molecular formula is C15H10N4. The highest BCUT2D eigenvalue weighted by Crippen LogP contribution is 2.24. The Morgan fingerprint density at radius 3 is 2.79 bits per heavy atom. The van der Waals surface area contributed by atoms with Crippen LogP contribution in [0.5, 0.6) is 0 Å². The number of nitrogens with one attached hydrogen (secondary N) is 1. The Kier molecular flexibility index (Phi) is 2.79. The summed E-state index contributed by atoms with van der Waals surface area (Å²) in [5, 5.41) is 14.1. The van der Waals surface area contributed by atoms with Crippen molar-refractivity contribution in [2.75, 3.05) is 5.32 Å². The molecule has 90 valence electrons. The van der Waals surface area contributed by atoms with Crippen LogP contribution in [0.15, 0.2) is 55.0 Å². The quantitative estimate of drug-likeness (QED) is 0.754. The average Bonchev–Trinajstić information content (AvgIpc) is 2.48. The second-order valence-corrected chi connectivity index (χ2v) is 4.07. The fourth-order valence-corrected chi connectivity index (χ4v) is 1.89. The van der Waals surface area contributed by atoms with E-state index in [2.05, 4.69) is 15.3 Å². The van der Waals surface area contributed by atoms with Gasteiger partial charge in [-0.2, -0.15) is 5.26 Å². The molecule has 3 aromatic rings. The second-order valence-electron chi connectivity index (χ2n) is 4.07. The van der Waals surface area contributed by atoms with Crippen molar-refractivity contribution in [3.8, 4) is 6.07 Å². The number of rotatable bonds is 2. The smallest absolute Gasteiger partial charge is 0.130 e. The topological polar surface area (TPSA) is 61.6 Å². The summed E-state index contributed by atoms with van der Waals surface area (Å²) in [5.41, 5.74) is 1.49.